The van der Waals surface area contributed by atoms with Crippen LogP contribution in [0, 0.1) is 0 Å². The summed E-state index contributed by atoms with van der Waals surface area (Å²) in [6.07, 6.45) is 2.23. The highest BCUT2D eigenvalue weighted by Crippen LogP contribution is 2.07. The topological polar surface area (TPSA) is 31.0 Å². The van der Waals surface area contributed by atoms with Crippen LogP contribution in [0.4, 0.5) is 0 Å². The second kappa shape index (κ2) is 9.32. The monoisotopic (exact) mass is 348 g/mol. The zero-order chi connectivity index (χ0) is 16.6. The van der Waals surface area contributed by atoms with Crippen molar-refractivity contribution in [2.75, 3.05) is 59.3 Å². The Labute approximate surface area is 150 Å². The van der Waals surface area contributed by atoms with Crippen LogP contribution in [0.25, 0.3) is 0 Å². The maximum absolute atomic E-state index is 5.48. The predicted octanol–water partition coefficient (Wildman–Crippen LogP) is 1.36. The fraction of sp³-hybridized carbons (Fsp3) is 0.611. The van der Waals surface area contributed by atoms with E-state index < -0.39 is 0 Å². The van der Waals surface area contributed by atoms with E-state index in [9.17, 15) is 0 Å². The van der Waals surface area contributed by atoms with Crippen LogP contribution in [-0.4, -0.2) is 79.1 Å². The van der Waals surface area contributed by atoms with E-state index in [0.717, 1.165) is 77.2 Å². The molecule has 0 aliphatic carbocycles. The quantitative estimate of drug-likeness (QED) is 0.749. The van der Waals surface area contributed by atoms with Gasteiger partial charge in [0.05, 0.1) is 26.6 Å². The van der Waals surface area contributed by atoms with Crippen LogP contribution >= 0.6 is 12.2 Å². The first-order valence-electron chi connectivity index (χ1n) is 8.90. The molecule has 0 atom stereocenters. The van der Waals surface area contributed by atoms with Gasteiger partial charge >= 0.3 is 0 Å². The summed E-state index contributed by atoms with van der Waals surface area (Å²) in [7, 11) is 0. The summed E-state index contributed by atoms with van der Waals surface area (Å²) in [6, 6.07) is 10.7. The molecule has 5 nitrogen and oxygen atoms in total. The lowest BCUT2D eigenvalue weighted by atomic mass is 10.1. The van der Waals surface area contributed by atoms with Crippen LogP contribution in [0.1, 0.15) is 12.0 Å². The number of rotatable bonds is 7. The molecule has 0 aromatic heterocycles. The molecular formula is C18H28N4OS. The zero-order valence-corrected chi connectivity index (χ0v) is 15.1. The van der Waals surface area contributed by atoms with Gasteiger partial charge in [0.15, 0.2) is 5.11 Å². The van der Waals surface area contributed by atoms with Crippen molar-refractivity contribution < 1.29 is 4.74 Å². The average Bonchev–Trinajstić information content (AvgIpc) is 2.64. The van der Waals surface area contributed by atoms with Crippen molar-refractivity contribution in [1.82, 2.24) is 20.0 Å². The van der Waals surface area contributed by atoms with E-state index in [1.807, 2.05) is 0 Å². The lowest BCUT2D eigenvalue weighted by molar-refractivity contribution is 0.0360. The molecule has 1 aromatic rings. The van der Waals surface area contributed by atoms with Crippen LogP contribution in [0.15, 0.2) is 30.3 Å². The molecule has 0 unspecified atom stereocenters. The molecule has 132 valence electrons. The maximum atomic E-state index is 5.48. The first-order valence-corrected chi connectivity index (χ1v) is 9.31. The molecule has 0 radical (unpaired) electrons. The first kappa shape index (κ1) is 17.6. The van der Waals surface area contributed by atoms with Gasteiger partial charge < -0.3 is 15.0 Å². The molecule has 2 saturated heterocycles. The van der Waals surface area contributed by atoms with Gasteiger partial charge in [-0.15, -0.1) is 0 Å². The molecule has 1 N–H and O–H groups in total. The number of thiocarbonyl (C=S) groups is 1. The van der Waals surface area contributed by atoms with Crippen molar-refractivity contribution in [3.63, 3.8) is 0 Å². The summed E-state index contributed by atoms with van der Waals surface area (Å²) in [5.41, 5.74) is 1.39. The van der Waals surface area contributed by atoms with Crippen molar-refractivity contribution >= 4 is 17.3 Å². The van der Waals surface area contributed by atoms with Crippen molar-refractivity contribution in [3.05, 3.63) is 35.9 Å². The van der Waals surface area contributed by atoms with Crippen molar-refractivity contribution in [2.45, 2.75) is 12.8 Å². The Kier molecular flexibility index (Phi) is 6.84. The number of nitrogens with zero attached hydrogens (tertiary/aromatic N) is 3. The van der Waals surface area contributed by atoms with Gasteiger partial charge in [0.1, 0.15) is 0 Å². The minimum atomic E-state index is 0.853. The van der Waals surface area contributed by atoms with E-state index in [4.69, 9.17) is 17.0 Å². The molecule has 6 heteroatoms. The average molecular weight is 349 g/mol. The van der Waals surface area contributed by atoms with E-state index >= 15 is 0 Å². The number of morpholine rings is 1. The predicted molar refractivity (Wildman–Crippen MR) is 101 cm³/mol. The highest BCUT2D eigenvalue weighted by atomic mass is 32.1. The standard InChI is InChI=1S/C18H28N4OS/c24-18-19-15-21(10-7-17-5-2-1-3-6-17)16-22(18)9-4-8-20-11-13-23-14-12-20/h1-3,5-6H,4,7-16H2,(H,19,24). The SMILES string of the molecule is S=C1NCN(CCc2ccccc2)CN1CCCN1CCOCC1. The Balaban J connectivity index is 1.39. The molecule has 1 aromatic carbocycles. The number of hydrogen-bond donors (Lipinski definition) is 1. The first-order chi connectivity index (χ1) is 11.8. The van der Waals surface area contributed by atoms with Gasteiger partial charge in [0, 0.05) is 32.7 Å². The van der Waals surface area contributed by atoms with Gasteiger partial charge in [-0.05, 0) is 30.6 Å². The fourth-order valence-electron chi connectivity index (χ4n) is 3.21. The second-order valence-corrected chi connectivity index (χ2v) is 6.87. The number of nitrogens with one attached hydrogen (secondary N) is 1. The summed E-state index contributed by atoms with van der Waals surface area (Å²) in [5, 5.41) is 4.25. The van der Waals surface area contributed by atoms with Crippen LogP contribution in [0.3, 0.4) is 0 Å². The zero-order valence-electron chi connectivity index (χ0n) is 14.3. The molecule has 3 rings (SSSR count). The third-order valence-electron chi connectivity index (χ3n) is 4.68. The van der Waals surface area contributed by atoms with Crippen molar-refractivity contribution in [2.24, 2.45) is 0 Å². The van der Waals surface area contributed by atoms with Gasteiger partial charge in [-0.1, -0.05) is 30.3 Å². The normalized spacial score (nSPS) is 20.2. The summed E-state index contributed by atoms with van der Waals surface area (Å²) in [5.74, 6) is 0. The lowest BCUT2D eigenvalue weighted by Crippen LogP contribution is -2.56. The van der Waals surface area contributed by atoms with E-state index in [1.54, 1.807) is 0 Å². The Morgan fingerprint density at radius 1 is 1.00 bits per heavy atom. The molecule has 2 aliphatic rings. The van der Waals surface area contributed by atoms with E-state index in [0.29, 0.717) is 0 Å². The number of benzene rings is 1. The molecule has 2 aliphatic heterocycles. The molecule has 0 bridgehead atoms. The Hall–Kier alpha value is -1.21. The highest BCUT2D eigenvalue weighted by molar-refractivity contribution is 7.80. The molecule has 0 spiro atoms. The van der Waals surface area contributed by atoms with E-state index in [2.05, 4.69) is 50.3 Å². The maximum Gasteiger partial charge on any atom is 0.170 e. The van der Waals surface area contributed by atoms with Crippen molar-refractivity contribution in [1.29, 1.82) is 0 Å². The summed E-state index contributed by atoms with van der Waals surface area (Å²) >= 11 is 5.48. The van der Waals surface area contributed by atoms with Crippen LogP contribution in [0.2, 0.25) is 0 Å². The Bertz CT molecular complexity index is 507. The van der Waals surface area contributed by atoms with Crippen LogP contribution in [0.5, 0.6) is 0 Å². The van der Waals surface area contributed by atoms with Gasteiger partial charge in [-0.25, -0.2) is 0 Å². The summed E-state index contributed by atoms with van der Waals surface area (Å²) < 4.78 is 5.40. The lowest BCUT2D eigenvalue weighted by Gasteiger charge is -2.38. The number of ether oxygens (including phenoxy) is 1. The van der Waals surface area contributed by atoms with Crippen molar-refractivity contribution in [3.8, 4) is 0 Å². The molecule has 2 heterocycles. The van der Waals surface area contributed by atoms with Crippen LogP contribution in [-0.2, 0) is 11.2 Å². The van der Waals surface area contributed by atoms with Gasteiger partial charge in [0.25, 0.3) is 0 Å². The molecule has 0 saturated carbocycles. The minimum absolute atomic E-state index is 0.853. The summed E-state index contributed by atoms with van der Waals surface area (Å²) in [6.45, 7) is 8.86. The van der Waals surface area contributed by atoms with Gasteiger partial charge in [-0.2, -0.15) is 0 Å². The molecule has 0 amide bonds. The third-order valence-corrected chi connectivity index (χ3v) is 5.08. The van der Waals surface area contributed by atoms with Gasteiger partial charge in [-0.3, -0.25) is 9.80 Å². The van der Waals surface area contributed by atoms with Gasteiger partial charge in [0.2, 0.25) is 0 Å². The van der Waals surface area contributed by atoms with Crippen LogP contribution < -0.4 is 5.32 Å². The highest BCUT2D eigenvalue weighted by Gasteiger charge is 2.20. The van der Waals surface area contributed by atoms with E-state index in [-0.39, 0.29) is 0 Å². The largest absolute Gasteiger partial charge is 0.379 e. The molecule has 24 heavy (non-hydrogen) atoms. The second-order valence-electron chi connectivity index (χ2n) is 6.48. The summed E-state index contributed by atoms with van der Waals surface area (Å²) in [4.78, 5) is 7.21. The molecular weight excluding hydrogens is 320 g/mol. The Morgan fingerprint density at radius 2 is 1.79 bits per heavy atom. The fourth-order valence-corrected chi connectivity index (χ4v) is 3.42. The Morgan fingerprint density at radius 3 is 2.58 bits per heavy atom. The minimum Gasteiger partial charge on any atom is -0.379 e. The molecule has 2 fully saturated rings. The number of hydrogen-bond acceptors (Lipinski definition) is 4. The smallest absolute Gasteiger partial charge is 0.170 e. The van der Waals surface area contributed by atoms with E-state index in [1.165, 1.54) is 5.56 Å². The third kappa shape index (κ3) is 5.41.